The second-order valence-electron chi connectivity index (χ2n) is 6.46. The minimum atomic E-state index is -0.343. The number of nitrogens with zero attached hydrogens (tertiary/aromatic N) is 5. The Hall–Kier alpha value is -1.60. The Bertz CT molecular complexity index is 647. The first-order chi connectivity index (χ1) is 11.2. The summed E-state index contributed by atoms with van der Waals surface area (Å²) < 4.78 is 1.81. The van der Waals surface area contributed by atoms with Gasteiger partial charge >= 0.3 is 0 Å². The number of hydrogen-bond donors (Lipinski definition) is 1. The van der Waals surface area contributed by atoms with Gasteiger partial charge in [-0.05, 0) is 43.1 Å². The predicted molar refractivity (Wildman–Crippen MR) is 89.5 cm³/mol. The first-order valence-electron chi connectivity index (χ1n) is 8.01. The van der Waals surface area contributed by atoms with Gasteiger partial charge in [-0.2, -0.15) is 5.10 Å². The first-order valence-corrected chi connectivity index (χ1v) is 9.24. The molecule has 0 spiro atoms. The van der Waals surface area contributed by atoms with Gasteiger partial charge in [0.15, 0.2) is 0 Å². The SMILES string of the molecule is CSc1ccc(N2C[C@H]3C[C@@H](n4cncn4)[C@H](O)C[C@H]3C2)nc1. The molecule has 0 unspecified atom stereocenters. The van der Waals surface area contributed by atoms with Crippen molar-refractivity contribution in [1.82, 2.24) is 19.7 Å². The van der Waals surface area contributed by atoms with E-state index in [0.717, 1.165) is 31.7 Å². The standard InChI is InChI=1S/C16H21N5OS/c1-23-13-2-3-16(18-6-13)20-7-11-4-14(21-10-17-9-19-21)15(22)5-12(11)8-20/h2-3,6,9-12,14-15,22H,4-5,7-8H2,1H3/t11-,12+,14-,15-/m1/s1. The molecule has 1 saturated carbocycles. The van der Waals surface area contributed by atoms with Crippen LogP contribution in [-0.4, -0.2) is 50.3 Å². The molecule has 4 atom stereocenters. The van der Waals surface area contributed by atoms with Crippen molar-refractivity contribution in [3.63, 3.8) is 0 Å². The van der Waals surface area contributed by atoms with Crippen molar-refractivity contribution in [2.45, 2.75) is 29.9 Å². The molecule has 1 saturated heterocycles. The number of fused-ring (bicyclic) bond motifs is 1. The van der Waals surface area contributed by atoms with Gasteiger partial charge in [0, 0.05) is 24.2 Å². The van der Waals surface area contributed by atoms with E-state index in [0.29, 0.717) is 11.8 Å². The summed E-state index contributed by atoms with van der Waals surface area (Å²) in [5.74, 6) is 2.16. The van der Waals surface area contributed by atoms with Gasteiger partial charge in [0.1, 0.15) is 18.5 Å². The van der Waals surface area contributed by atoms with Crippen LogP contribution in [0, 0.1) is 11.8 Å². The Morgan fingerprint density at radius 1 is 1.22 bits per heavy atom. The number of rotatable bonds is 3. The Morgan fingerprint density at radius 2 is 2.04 bits per heavy atom. The lowest BCUT2D eigenvalue weighted by Gasteiger charge is -2.34. The van der Waals surface area contributed by atoms with E-state index in [-0.39, 0.29) is 12.1 Å². The summed E-state index contributed by atoms with van der Waals surface area (Å²) in [6.45, 7) is 1.99. The number of aliphatic hydroxyl groups excluding tert-OH is 1. The fourth-order valence-corrected chi connectivity index (χ4v) is 4.31. The third kappa shape index (κ3) is 2.83. The normalized spacial score (nSPS) is 30.4. The average molecular weight is 331 g/mol. The number of aromatic nitrogens is 4. The summed E-state index contributed by atoms with van der Waals surface area (Å²) in [6, 6.07) is 4.28. The summed E-state index contributed by atoms with van der Waals surface area (Å²) in [7, 11) is 0. The maximum atomic E-state index is 10.5. The van der Waals surface area contributed by atoms with E-state index in [1.807, 2.05) is 10.9 Å². The van der Waals surface area contributed by atoms with Gasteiger partial charge in [0.25, 0.3) is 0 Å². The molecule has 2 aromatic heterocycles. The van der Waals surface area contributed by atoms with Crippen molar-refractivity contribution in [2.24, 2.45) is 11.8 Å². The third-order valence-corrected chi connectivity index (χ3v) is 5.88. The molecule has 2 aromatic rings. The lowest BCUT2D eigenvalue weighted by Crippen LogP contribution is -2.36. The number of aliphatic hydroxyl groups is 1. The first kappa shape index (κ1) is 15.0. The van der Waals surface area contributed by atoms with Crippen LogP contribution in [0.15, 0.2) is 35.9 Å². The van der Waals surface area contributed by atoms with Gasteiger partial charge in [-0.1, -0.05) is 0 Å². The molecule has 1 aliphatic heterocycles. The van der Waals surface area contributed by atoms with Gasteiger partial charge in [-0.3, -0.25) is 0 Å². The van der Waals surface area contributed by atoms with E-state index in [4.69, 9.17) is 0 Å². The second kappa shape index (κ2) is 6.13. The molecule has 23 heavy (non-hydrogen) atoms. The quantitative estimate of drug-likeness (QED) is 0.866. The third-order valence-electron chi connectivity index (χ3n) is 5.17. The molecule has 7 heteroatoms. The van der Waals surface area contributed by atoms with E-state index in [9.17, 15) is 5.11 Å². The molecule has 122 valence electrons. The Labute approximate surface area is 139 Å². The highest BCUT2D eigenvalue weighted by Gasteiger charge is 2.42. The Morgan fingerprint density at radius 3 is 2.70 bits per heavy atom. The van der Waals surface area contributed by atoms with E-state index in [1.54, 1.807) is 18.1 Å². The Kier molecular flexibility index (Phi) is 3.98. The predicted octanol–water partition coefficient (Wildman–Crippen LogP) is 1.84. The van der Waals surface area contributed by atoms with Crippen LogP contribution in [-0.2, 0) is 0 Å². The van der Waals surface area contributed by atoms with Gasteiger partial charge in [-0.15, -0.1) is 11.8 Å². The number of pyridine rings is 1. The van der Waals surface area contributed by atoms with E-state index < -0.39 is 0 Å². The summed E-state index contributed by atoms with van der Waals surface area (Å²) in [4.78, 5) is 12.2. The highest BCUT2D eigenvalue weighted by molar-refractivity contribution is 7.98. The summed E-state index contributed by atoms with van der Waals surface area (Å²) >= 11 is 1.71. The van der Waals surface area contributed by atoms with Crippen molar-refractivity contribution < 1.29 is 5.11 Å². The van der Waals surface area contributed by atoms with Crippen molar-refractivity contribution in [1.29, 1.82) is 0 Å². The minimum Gasteiger partial charge on any atom is -0.391 e. The van der Waals surface area contributed by atoms with Crippen LogP contribution in [0.4, 0.5) is 5.82 Å². The average Bonchev–Trinajstić information content (AvgIpc) is 3.23. The molecular weight excluding hydrogens is 310 g/mol. The van der Waals surface area contributed by atoms with Gasteiger partial charge in [-0.25, -0.2) is 14.6 Å². The zero-order valence-corrected chi connectivity index (χ0v) is 13.9. The van der Waals surface area contributed by atoms with Crippen molar-refractivity contribution in [3.05, 3.63) is 31.0 Å². The smallest absolute Gasteiger partial charge is 0.137 e. The zero-order valence-electron chi connectivity index (χ0n) is 13.1. The van der Waals surface area contributed by atoms with Crippen LogP contribution in [0.25, 0.3) is 0 Å². The molecule has 2 aliphatic rings. The van der Waals surface area contributed by atoms with Crippen LogP contribution >= 0.6 is 11.8 Å². The van der Waals surface area contributed by atoms with Gasteiger partial charge in [0.05, 0.1) is 12.1 Å². The molecule has 2 fully saturated rings. The van der Waals surface area contributed by atoms with E-state index in [1.165, 1.54) is 11.2 Å². The molecule has 1 aliphatic carbocycles. The number of anilines is 1. The molecule has 0 radical (unpaired) electrons. The number of thioether (sulfide) groups is 1. The van der Waals surface area contributed by atoms with Crippen LogP contribution in [0.2, 0.25) is 0 Å². The number of hydrogen-bond acceptors (Lipinski definition) is 6. The highest BCUT2D eigenvalue weighted by Crippen LogP contribution is 2.42. The summed E-state index contributed by atoms with van der Waals surface area (Å²) in [5, 5.41) is 14.7. The molecular formula is C16H21N5OS. The summed E-state index contributed by atoms with van der Waals surface area (Å²) in [6.07, 6.45) is 8.69. The van der Waals surface area contributed by atoms with Crippen molar-refractivity contribution in [3.8, 4) is 0 Å². The lowest BCUT2D eigenvalue weighted by molar-refractivity contribution is 0.0305. The van der Waals surface area contributed by atoms with Crippen molar-refractivity contribution in [2.75, 3.05) is 24.2 Å². The topological polar surface area (TPSA) is 67.1 Å². The Balaban J connectivity index is 1.48. The summed E-state index contributed by atoms with van der Waals surface area (Å²) in [5.41, 5.74) is 0. The van der Waals surface area contributed by atoms with Crippen LogP contribution in [0.5, 0.6) is 0 Å². The monoisotopic (exact) mass is 331 g/mol. The molecule has 0 aromatic carbocycles. The van der Waals surface area contributed by atoms with Crippen LogP contribution in [0.1, 0.15) is 18.9 Å². The maximum absolute atomic E-state index is 10.5. The highest BCUT2D eigenvalue weighted by atomic mass is 32.2. The largest absolute Gasteiger partial charge is 0.391 e. The fraction of sp³-hybridized carbons (Fsp3) is 0.562. The minimum absolute atomic E-state index is 0.0468. The fourth-order valence-electron chi connectivity index (χ4n) is 3.95. The zero-order chi connectivity index (χ0) is 15.8. The van der Waals surface area contributed by atoms with Crippen molar-refractivity contribution >= 4 is 17.6 Å². The van der Waals surface area contributed by atoms with E-state index >= 15 is 0 Å². The van der Waals surface area contributed by atoms with Gasteiger partial charge < -0.3 is 10.0 Å². The van der Waals surface area contributed by atoms with Gasteiger partial charge in [0.2, 0.25) is 0 Å². The molecule has 4 rings (SSSR count). The molecule has 6 nitrogen and oxygen atoms in total. The second-order valence-corrected chi connectivity index (χ2v) is 7.34. The molecule has 1 N–H and O–H groups in total. The lowest BCUT2D eigenvalue weighted by atomic mass is 9.77. The maximum Gasteiger partial charge on any atom is 0.137 e. The molecule has 0 amide bonds. The molecule has 0 bridgehead atoms. The van der Waals surface area contributed by atoms with E-state index in [2.05, 4.69) is 38.4 Å². The van der Waals surface area contributed by atoms with Crippen LogP contribution in [0.3, 0.4) is 0 Å². The molecule has 3 heterocycles. The van der Waals surface area contributed by atoms with Crippen LogP contribution < -0.4 is 4.90 Å².